The number of likely N-dealkylation sites (tertiary alicyclic amines) is 1. The first-order chi connectivity index (χ1) is 19.1. The molecule has 0 aromatic heterocycles. The molecule has 40 heavy (non-hydrogen) atoms. The monoisotopic (exact) mass is 573 g/mol. The quantitative estimate of drug-likeness (QED) is 0.331. The highest BCUT2D eigenvalue weighted by molar-refractivity contribution is 7.89. The van der Waals surface area contributed by atoms with Crippen LogP contribution in [0.15, 0.2) is 18.2 Å². The second-order valence-corrected chi connectivity index (χ2v) is 14.0. The van der Waals surface area contributed by atoms with Crippen LogP contribution in [0.1, 0.15) is 61.1 Å². The van der Waals surface area contributed by atoms with E-state index in [2.05, 4.69) is 11.4 Å². The molecule has 3 aliphatic heterocycles. The number of hydrogen-bond donors (Lipinski definition) is 3. The summed E-state index contributed by atoms with van der Waals surface area (Å²) in [5.41, 5.74) is 3.27. The smallest absolute Gasteiger partial charge is 0.409 e. The van der Waals surface area contributed by atoms with Gasteiger partial charge in [0.25, 0.3) is 5.91 Å². The second kappa shape index (κ2) is 11.6. The summed E-state index contributed by atoms with van der Waals surface area (Å²) in [6, 6.07) is 7.96. The van der Waals surface area contributed by atoms with Gasteiger partial charge >= 0.3 is 6.09 Å². The Bertz CT molecular complexity index is 1250. The molecule has 0 bridgehead atoms. The molecular formula is C28H39N5O6S. The van der Waals surface area contributed by atoms with Gasteiger partial charge in [-0.05, 0) is 93.0 Å². The van der Waals surface area contributed by atoms with Gasteiger partial charge in [-0.15, -0.1) is 0 Å². The molecule has 5 rings (SSSR count). The number of nitrogens with one attached hydrogen (secondary N) is 2. The molecule has 1 aromatic carbocycles. The zero-order chi connectivity index (χ0) is 28.5. The van der Waals surface area contributed by atoms with Gasteiger partial charge in [-0.2, -0.15) is 5.26 Å². The number of fused-ring (bicyclic) bond motifs is 1. The van der Waals surface area contributed by atoms with Gasteiger partial charge in [0.2, 0.25) is 10.0 Å². The molecule has 1 aromatic rings. The van der Waals surface area contributed by atoms with Crippen LogP contribution in [0, 0.1) is 35.5 Å². The minimum atomic E-state index is -3.78. The number of ether oxygens (including phenoxy) is 1. The van der Waals surface area contributed by atoms with Crippen molar-refractivity contribution in [1.82, 2.24) is 20.0 Å². The van der Waals surface area contributed by atoms with Gasteiger partial charge in [0.1, 0.15) is 6.61 Å². The lowest BCUT2D eigenvalue weighted by Gasteiger charge is -2.35. The lowest BCUT2D eigenvalue weighted by atomic mass is 9.86. The van der Waals surface area contributed by atoms with Gasteiger partial charge in [0.05, 0.1) is 22.8 Å². The van der Waals surface area contributed by atoms with Crippen LogP contribution in [0.2, 0.25) is 0 Å². The van der Waals surface area contributed by atoms with Crippen molar-refractivity contribution in [2.75, 3.05) is 45.1 Å². The fourth-order valence-electron chi connectivity index (χ4n) is 7.38. The van der Waals surface area contributed by atoms with Crippen LogP contribution in [-0.4, -0.2) is 86.0 Å². The number of rotatable bonds is 7. The minimum Gasteiger partial charge on any atom is -0.448 e. The van der Waals surface area contributed by atoms with E-state index in [-0.39, 0.29) is 48.5 Å². The number of carbonyl (C=O) groups is 2. The summed E-state index contributed by atoms with van der Waals surface area (Å²) >= 11 is 0. The summed E-state index contributed by atoms with van der Waals surface area (Å²) in [4.78, 5) is 27.2. The Hall–Kier alpha value is -2.72. The van der Waals surface area contributed by atoms with Crippen molar-refractivity contribution in [3.8, 4) is 6.07 Å². The zero-order valence-electron chi connectivity index (χ0n) is 23.0. The summed E-state index contributed by atoms with van der Waals surface area (Å²) in [7, 11) is -3.78. The Morgan fingerprint density at radius 3 is 2.48 bits per heavy atom. The summed E-state index contributed by atoms with van der Waals surface area (Å²) in [6.07, 6.45) is 3.58. The van der Waals surface area contributed by atoms with Crippen LogP contribution in [0.4, 0.5) is 4.79 Å². The molecule has 3 heterocycles. The fraction of sp³-hybridized carbons (Fsp3) is 0.679. The van der Waals surface area contributed by atoms with Crippen molar-refractivity contribution in [1.29, 1.82) is 5.26 Å². The molecule has 1 aliphatic carbocycles. The number of benzene rings is 1. The lowest BCUT2D eigenvalue weighted by molar-refractivity contribution is -0.138. The summed E-state index contributed by atoms with van der Waals surface area (Å²) in [5, 5.41) is 22.0. The highest BCUT2D eigenvalue weighted by Crippen LogP contribution is 2.50. The fourth-order valence-corrected chi connectivity index (χ4v) is 9.39. The number of piperidine rings is 1. The molecule has 11 nitrogen and oxygen atoms in total. The zero-order valence-corrected chi connectivity index (χ0v) is 23.8. The van der Waals surface area contributed by atoms with E-state index < -0.39 is 21.3 Å². The van der Waals surface area contributed by atoms with Crippen molar-refractivity contribution >= 4 is 22.0 Å². The van der Waals surface area contributed by atoms with Crippen LogP contribution in [0.25, 0.3) is 0 Å². The van der Waals surface area contributed by atoms with Crippen molar-refractivity contribution < 1.29 is 28.0 Å². The van der Waals surface area contributed by atoms with E-state index in [0.717, 1.165) is 30.5 Å². The van der Waals surface area contributed by atoms with Gasteiger partial charge in [-0.25, -0.2) is 23.0 Å². The van der Waals surface area contributed by atoms with Crippen LogP contribution in [-0.2, 0) is 19.6 Å². The molecule has 1 unspecified atom stereocenters. The largest absolute Gasteiger partial charge is 0.448 e. The molecule has 1 saturated carbocycles. The topological polar surface area (TPSA) is 152 Å². The molecule has 0 spiro atoms. The molecule has 2 amide bonds. The molecule has 0 radical (unpaired) electrons. The van der Waals surface area contributed by atoms with E-state index in [4.69, 9.17) is 10.00 Å². The van der Waals surface area contributed by atoms with Crippen LogP contribution in [0.3, 0.4) is 0 Å². The normalized spacial score (nSPS) is 29.2. The first-order valence-electron chi connectivity index (χ1n) is 14.2. The predicted octanol–water partition coefficient (Wildman–Crippen LogP) is 2.10. The summed E-state index contributed by atoms with van der Waals surface area (Å²) in [6.45, 7) is 4.78. The molecular weight excluding hydrogens is 534 g/mol. The van der Waals surface area contributed by atoms with E-state index in [1.165, 1.54) is 4.31 Å². The van der Waals surface area contributed by atoms with Crippen LogP contribution in [0.5, 0.6) is 0 Å². The standard InChI is InChI=1S/C28H39N5O6S/c1-19-11-20(14-29)4-5-25(19)21-6-9-33(10-7-21)40(37,38)18-28(26(34)31-36)12-22-15-32(16-23(22)13-28)27(35)39-17-24-3-2-8-30-24/h4-5,11,21-24,30,36H,2-3,6-10,12-13,15-18H2,1H3,(H,31,34)/t22-,23+,24-,28?/m1/s1. The number of amides is 2. The molecule has 4 aliphatic rings. The van der Waals surface area contributed by atoms with E-state index in [9.17, 15) is 23.2 Å². The molecule has 4 fully saturated rings. The lowest BCUT2D eigenvalue weighted by Crippen LogP contribution is -2.49. The van der Waals surface area contributed by atoms with Crippen molar-refractivity contribution in [2.45, 2.75) is 57.4 Å². The Morgan fingerprint density at radius 2 is 1.90 bits per heavy atom. The maximum absolute atomic E-state index is 13.6. The van der Waals surface area contributed by atoms with E-state index in [0.29, 0.717) is 51.2 Å². The summed E-state index contributed by atoms with van der Waals surface area (Å²) in [5.74, 6) is -0.896. The second-order valence-electron chi connectivity index (χ2n) is 12.0. The molecule has 3 saturated heterocycles. The third-order valence-electron chi connectivity index (χ3n) is 9.44. The minimum absolute atomic E-state index is 0.0326. The van der Waals surface area contributed by atoms with E-state index in [1.807, 2.05) is 19.1 Å². The predicted molar refractivity (Wildman–Crippen MR) is 146 cm³/mol. The van der Waals surface area contributed by atoms with Crippen LogP contribution >= 0.6 is 0 Å². The highest BCUT2D eigenvalue weighted by Gasteiger charge is 2.56. The Balaban J connectivity index is 1.19. The number of aryl methyl sites for hydroxylation is 1. The number of hydroxylamine groups is 1. The number of carbonyl (C=O) groups excluding carboxylic acids is 2. The van der Waals surface area contributed by atoms with Gasteiger partial charge in [-0.3, -0.25) is 10.0 Å². The number of nitriles is 1. The SMILES string of the molecule is Cc1cc(C#N)ccc1C1CCN(S(=O)(=O)CC2(C(=O)NO)C[C@H]3CN(C(=O)OC[C@H]4CCCN4)C[C@H]3C2)CC1. The Morgan fingerprint density at radius 1 is 1.20 bits per heavy atom. The molecule has 12 heteroatoms. The Kier molecular flexibility index (Phi) is 8.38. The van der Waals surface area contributed by atoms with Crippen molar-refractivity contribution in [3.63, 3.8) is 0 Å². The van der Waals surface area contributed by atoms with E-state index in [1.54, 1.807) is 16.4 Å². The maximum Gasteiger partial charge on any atom is 0.409 e. The number of sulfonamides is 1. The average Bonchev–Trinajstić information content (AvgIpc) is 3.67. The van der Waals surface area contributed by atoms with Gasteiger partial charge < -0.3 is 15.0 Å². The highest BCUT2D eigenvalue weighted by atomic mass is 32.2. The summed E-state index contributed by atoms with van der Waals surface area (Å²) < 4.78 is 34.2. The first-order valence-corrected chi connectivity index (χ1v) is 15.8. The molecule has 218 valence electrons. The van der Waals surface area contributed by atoms with E-state index >= 15 is 0 Å². The van der Waals surface area contributed by atoms with Crippen molar-refractivity contribution in [3.05, 3.63) is 34.9 Å². The Labute approximate surface area is 235 Å². The molecule has 4 atom stereocenters. The maximum atomic E-state index is 13.6. The number of nitrogens with zero attached hydrogens (tertiary/aromatic N) is 3. The average molecular weight is 574 g/mol. The third-order valence-corrected chi connectivity index (χ3v) is 11.5. The van der Waals surface area contributed by atoms with Gasteiger partial charge in [-0.1, -0.05) is 6.07 Å². The van der Waals surface area contributed by atoms with Crippen molar-refractivity contribution in [2.24, 2.45) is 17.3 Å². The molecule has 3 N–H and O–H groups in total. The number of hydrogen-bond acceptors (Lipinski definition) is 8. The third kappa shape index (κ3) is 5.84. The first kappa shape index (κ1) is 28.8. The van der Waals surface area contributed by atoms with Gasteiger partial charge in [0.15, 0.2) is 0 Å². The van der Waals surface area contributed by atoms with Crippen LogP contribution < -0.4 is 10.8 Å². The van der Waals surface area contributed by atoms with Gasteiger partial charge in [0, 0.05) is 32.2 Å².